The number of nitrogens with zero attached hydrogens (tertiary/aromatic N) is 2. The second kappa shape index (κ2) is 4.54. The van der Waals surface area contributed by atoms with Crippen LogP contribution in [0.3, 0.4) is 0 Å². The lowest BCUT2D eigenvalue weighted by Crippen LogP contribution is -2.51. The Morgan fingerprint density at radius 1 is 1.05 bits per heavy atom. The van der Waals surface area contributed by atoms with Gasteiger partial charge in [-0.1, -0.05) is 18.2 Å². The summed E-state index contributed by atoms with van der Waals surface area (Å²) < 4.78 is 0. The first kappa shape index (κ1) is 12.5. The van der Waals surface area contributed by atoms with Crippen LogP contribution in [0.2, 0.25) is 0 Å². The zero-order chi connectivity index (χ0) is 14.3. The van der Waals surface area contributed by atoms with Crippen molar-refractivity contribution < 1.29 is 10.0 Å². The highest BCUT2D eigenvalue weighted by Gasteiger charge is 2.30. The fourth-order valence-corrected chi connectivity index (χ4v) is 2.20. The van der Waals surface area contributed by atoms with Gasteiger partial charge >= 0.3 is 6.03 Å². The Hall–Kier alpha value is -2.53. The lowest BCUT2D eigenvalue weighted by atomic mass is 10.1. The number of carbonyl (C=O) groups excluding carboxylic acids is 1. The van der Waals surface area contributed by atoms with E-state index in [4.69, 9.17) is 0 Å². The van der Waals surface area contributed by atoms with Crippen LogP contribution in [0.1, 0.15) is 11.1 Å². The fourth-order valence-electron chi connectivity index (χ4n) is 2.20. The SMILES string of the molecule is Cc1ccc(N2C(=O)Nc3ccccc3N2O)cc1C. The van der Waals surface area contributed by atoms with Crippen LogP contribution in [-0.2, 0) is 0 Å². The zero-order valence-corrected chi connectivity index (χ0v) is 11.3. The minimum atomic E-state index is -0.394. The minimum absolute atomic E-state index is 0.394. The van der Waals surface area contributed by atoms with E-state index in [1.54, 1.807) is 30.3 Å². The van der Waals surface area contributed by atoms with Gasteiger partial charge in [-0.3, -0.25) is 5.21 Å². The molecule has 0 fully saturated rings. The monoisotopic (exact) mass is 269 g/mol. The number of fused-ring (bicyclic) bond motifs is 1. The number of hydrogen-bond acceptors (Lipinski definition) is 3. The minimum Gasteiger partial charge on any atom is -0.304 e. The molecule has 0 saturated heterocycles. The number of nitrogens with one attached hydrogen (secondary N) is 1. The summed E-state index contributed by atoms with van der Waals surface area (Å²) in [5.74, 6) is 0. The molecule has 0 unspecified atom stereocenters. The molecule has 1 heterocycles. The van der Waals surface area contributed by atoms with Crippen LogP contribution in [0.4, 0.5) is 21.9 Å². The Morgan fingerprint density at radius 2 is 1.80 bits per heavy atom. The van der Waals surface area contributed by atoms with E-state index < -0.39 is 6.03 Å². The predicted octanol–water partition coefficient (Wildman–Crippen LogP) is 3.47. The molecule has 2 amide bonds. The molecule has 0 saturated carbocycles. The van der Waals surface area contributed by atoms with Gasteiger partial charge in [0.1, 0.15) is 5.69 Å². The molecule has 5 heteroatoms. The quantitative estimate of drug-likeness (QED) is 0.833. The van der Waals surface area contributed by atoms with Gasteiger partial charge in [-0.15, -0.1) is 0 Å². The van der Waals surface area contributed by atoms with Crippen LogP contribution < -0.4 is 15.5 Å². The fraction of sp³-hybridized carbons (Fsp3) is 0.133. The van der Waals surface area contributed by atoms with Gasteiger partial charge in [0.15, 0.2) is 0 Å². The molecule has 102 valence electrons. The maximum atomic E-state index is 12.2. The lowest BCUT2D eigenvalue weighted by Gasteiger charge is -2.36. The third-order valence-electron chi connectivity index (χ3n) is 3.48. The van der Waals surface area contributed by atoms with Crippen molar-refractivity contribution in [2.24, 2.45) is 0 Å². The van der Waals surface area contributed by atoms with Crippen molar-refractivity contribution in [2.45, 2.75) is 13.8 Å². The number of aryl methyl sites for hydroxylation is 2. The smallest absolute Gasteiger partial charge is 0.304 e. The van der Waals surface area contributed by atoms with E-state index in [0.717, 1.165) is 16.3 Å². The number of hydrazine groups is 1. The number of anilines is 3. The van der Waals surface area contributed by atoms with Gasteiger partial charge in [0.05, 0.1) is 11.4 Å². The highest BCUT2D eigenvalue weighted by Crippen LogP contribution is 2.33. The van der Waals surface area contributed by atoms with E-state index in [-0.39, 0.29) is 0 Å². The Bertz CT molecular complexity index is 685. The summed E-state index contributed by atoms with van der Waals surface area (Å²) in [7, 11) is 0. The summed E-state index contributed by atoms with van der Waals surface area (Å²) in [6.45, 7) is 3.97. The number of urea groups is 1. The van der Waals surface area contributed by atoms with Crippen LogP contribution in [0, 0.1) is 13.8 Å². The van der Waals surface area contributed by atoms with Crippen LogP contribution in [-0.4, -0.2) is 11.2 Å². The Balaban J connectivity index is 2.06. The molecule has 3 rings (SSSR count). The first-order chi connectivity index (χ1) is 9.58. The molecule has 0 aromatic heterocycles. The summed E-state index contributed by atoms with van der Waals surface area (Å²) in [5, 5.41) is 15.1. The van der Waals surface area contributed by atoms with Crippen molar-refractivity contribution in [1.82, 2.24) is 0 Å². The van der Waals surface area contributed by atoms with E-state index in [1.807, 2.05) is 26.0 Å². The highest BCUT2D eigenvalue weighted by molar-refractivity contribution is 6.08. The summed E-state index contributed by atoms with van der Waals surface area (Å²) in [6.07, 6.45) is 0. The first-order valence-corrected chi connectivity index (χ1v) is 6.34. The summed E-state index contributed by atoms with van der Waals surface area (Å²) >= 11 is 0. The van der Waals surface area contributed by atoms with E-state index in [0.29, 0.717) is 17.1 Å². The molecule has 2 aromatic carbocycles. The number of amides is 2. The molecule has 20 heavy (non-hydrogen) atoms. The Labute approximate surface area is 117 Å². The molecular weight excluding hydrogens is 254 g/mol. The third-order valence-corrected chi connectivity index (χ3v) is 3.48. The van der Waals surface area contributed by atoms with Gasteiger partial charge in [-0.2, -0.15) is 10.2 Å². The van der Waals surface area contributed by atoms with Crippen LogP contribution in [0.15, 0.2) is 42.5 Å². The molecule has 2 aromatic rings. The highest BCUT2D eigenvalue weighted by atomic mass is 16.6. The summed E-state index contributed by atoms with van der Waals surface area (Å²) in [4.78, 5) is 12.2. The van der Waals surface area contributed by atoms with Crippen molar-refractivity contribution in [3.63, 3.8) is 0 Å². The number of benzene rings is 2. The second-order valence-electron chi connectivity index (χ2n) is 4.82. The van der Waals surface area contributed by atoms with Gasteiger partial charge in [0.2, 0.25) is 0 Å². The van der Waals surface area contributed by atoms with Crippen molar-refractivity contribution in [3.05, 3.63) is 53.6 Å². The largest absolute Gasteiger partial charge is 0.347 e. The number of hydrogen-bond donors (Lipinski definition) is 2. The molecule has 0 aliphatic carbocycles. The average Bonchev–Trinajstić information content (AvgIpc) is 2.43. The van der Waals surface area contributed by atoms with E-state index in [9.17, 15) is 10.0 Å². The van der Waals surface area contributed by atoms with Gasteiger partial charge in [0, 0.05) is 0 Å². The van der Waals surface area contributed by atoms with Gasteiger partial charge in [-0.05, 0) is 49.2 Å². The maximum absolute atomic E-state index is 12.2. The lowest BCUT2D eigenvalue weighted by molar-refractivity contribution is 0.221. The molecule has 0 bridgehead atoms. The molecule has 1 aliphatic heterocycles. The van der Waals surface area contributed by atoms with E-state index >= 15 is 0 Å². The molecular formula is C15H15N3O2. The Kier molecular flexibility index (Phi) is 2.84. The number of para-hydroxylation sites is 2. The molecule has 0 atom stereocenters. The van der Waals surface area contributed by atoms with Crippen LogP contribution in [0.5, 0.6) is 0 Å². The van der Waals surface area contributed by atoms with E-state index in [1.165, 1.54) is 5.01 Å². The average molecular weight is 269 g/mol. The van der Waals surface area contributed by atoms with Crippen molar-refractivity contribution in [1.29, 1.82) is 0 Å². The topological polar surface area (TPSA) is 55.8 Å². The van der Waals surface area contributed by atoms with Crippen molar-refractivity contribution in [3.8, 4) is 0 Å². The van der Waals surface area contributed by atoms with Gasteiger partial charge in [0.25, 0.3) is 0 Å². The Morgan fingerprint density at radius 3 is 2.55 bits per heavy atom. The number of carbonyl (C=O) groups is 1. The first-order valence-electron chi connectivity index (χ1n) is 6.34. The van der Waals surface area contributed by atoms with E-state index in [2.05, 4.69) is 5.32 Å². The molecule has 2 N–H and O–H groups in total. The van der Waals surface area contributed by atoms with Crippen molar-refractivity contribution >= 4 is 23.1 Å². The molecule has 1 aliphatic rings. The zero-order valence-electron chi connectivity index (χ0n) is 11.3. The standard InChI is InChI=1S/C15H15N3O2/c1-10-7-8-12(9-11(10)2)17-15(19)16-13-5-3-4-6-14(13)18(17)20/h3-9,20H,1-2H3,(H,16,19). The summed E-state index contributed by atoms with van der Waals surface area (Å²) in [5.41, 5.74) is 3.92. The third kappa shape index (κ3) is 1.88. The maximum Gasteiger partial charge on any atom is 0.347 e. The van der Waals surface area contributed by atoms with Gasteiger partial charge in [-0.25, -0.2) is 4.79 Å². The number of rotatable bonds is 1. The van der Waals surface area contributed by atoms with Crippen molar-refractivity contribution in [2.75, 3.05) is 15.5 Å². The predicted molar refractivity (Wildman–Crippen MR) is 78.1 cm³/mol. The summed E-state index contributed by atoms with van der Waals surface area (Å²) in [6, 6.07) is 12.3. The van der Waals surface area contributed by atoms with Crippen LogP contribution >= 0.6 is 0 Å². The molecule has 0 spiro atoms. The van der Waals surface area contributed by atoms with Gasteiger partial charge < -0.3 is 5.32 Å². The molecule has 0 radical (unpaired) electrons. The normalized spacial score (nSPS) is 14.1. The van der Waals surface area contributed by atoms with Crippen LogP contribution in [0.25, 0.3) is 0 Å². The second-order valence-corrected chi connectivity index (χ2v) is 4.82. The molecule has 5 nitrogen and oxygen atoms in total.